The molecule has 4 heteroatoms. The summed E-state index contributed by atoms with van der Waals surface area (Å²) in [4.78, 5) is 0. The predicted molar refractivity (Wildman–Crippen MR) is 27.7 cm³/mol. The summed E-state index contributed by atoms with van der Waals surface area (Å²) in [6, 6.07) is 0. The summed E-state index contributed by atoms with van der Waals surface area (Å²) in [6.45, 7) is 2.40. The maximum absolute atomic E-state index is 8.07. The monoisotopic (exact) mass is 184 g/mol. The second kappa shape index (κ2) is 23.2. The third kappa shape index (κ3) is 25.0. The summed E-state index contributed by atoms with van der Waals surface area (Å²) in [5.74, 6) is 0. The number of aliphatic hydroxyl groups is 1. The zero-order chi connectivity index (χ0) is 4.12. The summed E-state index contributed by atoms with van der Waals surface area (Å²) in [5.41, 5.74) is 0. The van der Waals surface area contributed by atoms with Crippen molar-refractivity contribution in [2.45, 2.75) is 19.8 Å². The molecule has 0 aliphatic rings. The molecule has 1 N–H and O–H groups in total. The molecule has 0 aliphatic carbocycles. The van der Waals surface area contributed by atoms with Crippen LogP contribution in [0.15, 0.2) is 0 Å². The Morgan fingerprint density at radius 1 is 1.25 bits per heavy atom. The number of unbranched alkanes of at least 4 members (excludes halogenated alkanes) is 1. The van der Waals surface area contributed by atoms with Crippen LogP contribution in [0.4, 0.5) is 0 Å². The summed E-state index contributed by atoms with van der Waals surface area (Å²) in [5, 5.41) is 8.07. The van der Waals surface area contributed by atoms with Gasteiger partial charge in [-0.1, -0.05) is 13.3 Å². The second-order valence-corrected chi connectivity index (χ2v) is 1.08. The molecule has 0 heterocycles. The van der Waals surface area contributed by atoms with Crippen LogP contribution in [0.25, 0.3) is 0 Å². The molecule has 0 unspecified atom stereocenters. The van der Waals surface area contributed by atoms with Gasteiger partial charge in [-0.15, -0.1) is 0 Å². The smallest absolute Gasteiger partial charge is 1.00 e. The maximum atomic E-state index is 8.07. The number of aliphatic hydroxyl groups excluding tert-OH is 1. The van der Waals surface area contributed by atoms with Gasteiger partial charge in [0.25, 0.3) is 0 Å². The second-order valence-electron chi connectivity index (χ2n) is 1.08. The number of hydrogen-bond donors (Lipinski definition) is 1. The molecule has 0 aromatic rings. The van der Waals surface area contributed by atoms with Crippen molar-refractivity contribution in [1.82, 2.24) is 0 Å². The zero-order valence-electron chi connectivity index (χ0n) is 5.03. The van der Waals surface area contributed by atoms with E-state index in [9.17, 15) is 0 Å². The first kappa shape index (κ1) is 22.6. The minimum Gasteiger partial charge on any atom is -1.00 e. The fourth-order valence-electron chi connectivity index (χ4n) is 0.158. The molecule has 1 nitrogen and oxygen atoms in total. The molecule has 0 fully saturated rings. The topological polar surface area (TPSA) is 20.2 Å². The molecule has 8 heavy (non-hydrogen) atoms. The van der Waals surface area contributed by atoms with Crippen LogP contribution < -0.4 is 24.8 Å². The fraction of sp³-hybridized carbons (Fsp3) is 1.00. The van der Waals surface area contributed by atoms with Crippen molar-refractivity contribution in [1.29, 1.82) is 0 Å². The first-order valence-electron chi connectivity index (χ1n) is 2.02. The summed E-state index contributed by atoms with van der Waals surface area (Å²) in [7, 11) is 0. The van der Waals surface area contributed by atoms with Crippen molar-refractivity contribution < 1.29 is 29.9 Å². The standard InChI is InChI=1S/C4H10O.Ca.2ClH/c1-2-3-4-5;;;/h5H,2-4H2,1H3;;2*1H/q;+2;;/p-2. The molecule has 0 aliphatic heterocycles. The van der Waals surface area contributed by atoms with Crippen molar-refractivity contribution in [3.05, 3.63) is 0 Å². The van der Waals surface area contributed by atoms with Gasteiger partial charge in [-0.3, -0.25) is 0 Å². The van der Waals surface area contributed by atoms with Gasteiger partial charge in [0.1, 0.15) is 0 Å². The number of halogens is 2. The Kier molecular flexibility index (Phi) is 65.5. The van der Waals surface area contributed by atoms with Gasteiger partial charge in [0, 0.05) is 6.61 Å². The molecule has 48 valence electrons. The molecule has 0 aromatic carbocycles. The summed E-state index contributed by atoms with van der Waals surface area (Å²) in [6.07, 6.45) is 2.04. The first-order valence-corrected chi connectivity index (χ1v) is 2.02. The maximum Gasteiger partial charge on any atom is 2.00 e. The summed E-state index contributed by atoms with van der Waals surface area (Å²) >= 11 is 0. The van der Waals surface area contributed by atoms with Gasteiger partial charge in [0.05, 0.1) is 0 Å². The SMILES string of the molecule is CCCCO.[Ca+2].[Cl-].[Cl-]. The van der Waals surface area contributed by atoms with E-state index in [0.29, 0.717) is 6.61 Å². The van der Waals surface area contributed by atoms with E-state index in [-0.39, 0.29) is 62.6 Å². The summed E-state index contributed by atoms with van der Waals surface area (Å²) < 4.78 is 0. The zero-order valence-corrected chi connectivity index (χ0v) is 8.75. The van der Waals surface area contributed by atoms with E-state index in [4.69, 9.17) is 5.11 Å². The Morgan fingerprint density at radius 3 is 1.62 bits per heavy atom. The van der Waals surface area contributed by atoms with Crippen LogP contribution in [0, 0.1) is 0 Å². The van der Waals surface area contributed by atoms with E-state index in [1.165, 1.54) is 0 Å². The third-order valence-electron chi connectivity index (χ3n) is 0.512. The molecule has 0 radical (unpaired) electrons. The van der Waals surface area contributed by atoms with Gasteiger partial charge in [-0.05, 0) is 6.42 Å². The third-order valence-corrected chi connectivity index (χ3v) is 0.512. The molecule has 0 spiro atoms. The number of hydrogen-bond acceptors (Lipinski definition) is 1. The van der Waals surface area contributed by atoms with Crippen molar-refractivity contribution in [3.8, 4) is 0 Å². The van der Waals surface area contributed by atoms with Crippen molar-refractivity contribution in [2.24, 2.45) is 0 Å². The quantitative estimate of drug-likeness (QED) is 0.425. The van der Waals surface area contributed by atoms with Crippen LogP contribution in [0.5, 0.6) is 0 Å². The Balaban J connectivity index is -0.0000000267. The largest absolute Gasteiger partial charge is 2.00 e. The molecular weight excluding hydrogens is 175 g/mol. The molecule has 0 aromatic heterocycles. The van der Waals surface area contributed by atoms with Crippen LogP contribution in [-0.2, 0) is 0 Å². The van der Waals surface area contributed by atoms with Crippen LogP contribution in [0.1, 0.15) is 19.8 Å². The van der Waals surface area contributed by atoms with Crippen LogP contribution in [0.3, 0.4) is 0 Å². The molecule has 0 amide bonds. The van der Waals surface area contributed by atoms with Gasteiger partial charge < -0.3 is 29.9 Å². The molecule has 0 rings (SSSR count). The normalized spacial score (nSPS) is 5.25. The first-order chi connectivity index (χ1) is 2.41. The predicted octanol–water partition coefficient (Wildman–Crippen LogP) is -5.59. The average Bonchev–Trinajstić information content (AvgIpc) is 1.41. The minimum absolute atomic E-state index is 0. The van der Waals surface area contributed by atoms with E-state index in [2.05, 4.69) is 6.92 Å². The van der Waals surface area contributed by atoms with Crippen LogP contribution >= 0.6 is 0 Å². The van der Waals surface area contributed by atoms with E-state index >= 15 is 0 Å². The van der Waals surface area contributed by atoms with Crippen molar-refractivity contribution in [3.63, 3.8) is 0 Å². The van der Waals surface area contributed by atoms with Gasteiger partial charge in [-0.25, -0.2) is 0 Å². The Labute approximate surface area is 93.1 Å². The number of rotatable bonds is 2. The van der Waals surface area contributed by atoms with Gasteiger partial charge in [0.15, 0.2) is 0 Å². The fourth-order valence-corrected chi connectivity index (χ4v) is 0.158. The van der Waals surface area contributed by atoms with Crippen LogP contribution in [-0.4, -0.2) is 49.5 Å². The molecule has 0 saturated carbocycles. The Bertz CT molecular complexity index is 21.5. The van der Waals surface area contributed by atoms with Crippen molar-refractivity contribution >= 4 is 37.7 Å². The van der Waals surface area contributed by atoms with Crippen LogP contribution in [0.2, 0.25) is 0 Å². The molecular formula is C4H10CaCl2O. The van der Waals surface area contributed by atoms with E-state index in [0.717, 1.165) is 12.8 Å². The molecule has 0 atom stereocenters. The van der Waals surface area contributed by atoms with Crippen molar-refractivity contribution in [2.75, 3.05) is 6.61 Å². The minimum atomic E-state index is 0. The Hall–Kier alpha value is 1.80. The Morgan fingerprint density at radius 2 is 1.62 bits per heavy atom. The van der Waals surface area contributed by atoms with E-state index in [1.807, 2.05) is 0 Å². The average molecular weight is 185 g/mol. The van der Waals surface area contributed by atoms with Gasteiger partial charge in [0.2, 0.25) is 0 Å². The molecule has 0 saturated heterocycles. The van der Waals surface area contributed by atoms with Gasteiger partial charge in [-0.2, -0.15) is 0 Å². The van der Waals surface area contributed by atoms with E-state index < -0.39 is 0 Å². The van der Waals surface area contributed by atoms with Gasteiger partial charge >= 0.3 is 37.7 Å². The van der Waals surface area contributed by atoms with E-state index in [1.54, 1.807) is 0 Å². The molecule has 0 bridgehead atoms.